The highest BCUT2D eigenvalue weighted by Gasteiger charge is 2.45. The van der Waals surface area contributed by atoms with E-state index in [4.69, 9.17) is 4.74 Å². The molecule has 224 valence electrons. The number of hydrogen-bond donors (Lipinski definition) is 0. The average Bonchev–Trinajstić information content (AvgIpc) is 2.91. The summed E-state index contributed by atoms with van der Waals surface area (Å²) in [7, 11) is 0. The third kappa shape index (κ3) is 8.17. The third-order valence-electron chi connectivity index (χ3n) is 8.65. The van der Waals surface area contributed by atoms with Gasteiger partial charge in [-0.2, -0.15) is 22.0 Å². The molecular weight excluding hydrogens is 552 g/mol. The van der Waals surface area contributed by atoms with Crippen molar-refractivity contribution in [3.63, 3.8) is 0 Å². The van der Waals surface area contributed by atoms with Crippen LogP contribution in [0.1, 0.15) is 83.1 Å². The Morgan fingerprint density at radius 3 is 1.90 bits per heavy atom. The lowest BCUT2D eigenvalue weighted by Crippen LogP contribution is -2.38. The second-order valence-corrected chi connectivity index (χ2v) is 11.4. The molecule has 0 heterocycles. The fourth-order valence-electron chi connectivity index (χ4n) is 6.38. The second-order valence-electron chi connectivity index (χ2n) is 11.4. The van der Waals surface area contributed by atoms with Crippen molar-refractivity contribution in [2.24, 2.45) is 23.7 Å². The summed E-state index contributed by atoms with van der Waals surface area (Å²) < 4.78 is 115. The van der Waals surface area contributed by atoms with Crippen LogP contribution in [-0.4, -0.2) is 12.3 Å². The number of rotatable bonds is 8. The molecule has 0 N–H and O–H groups in total. The first-order valence-corrected chi connectivity index (χ1v) is 14.3. The third-order valence-corrected chi connectivity index (χ3v) is 8.65. The summed E-state index contributed by atoms with van der Waals surface area (Å²) in [6.45, 7) is 2.20. The van der Waals surface area contributed by atoms with Gasteiger partial charge in [-0.15, -0.1) is 0 Å². The van der Waals surface area contributed by atoms with Gasteiger partial charge in [0.05, 0.1) is 11.5 Å². The number of ether oxygens (including phenoxy) is 1. The van der Waals surface area contributed by atoms with Crippen LogP contribution in [-0.2, 0) is 0 Å². The summed E-state index contributed by atoms with van der Waals surface area (Å²) in [6.07, 6.45) is 2.11. The van der Waals surface area contributed by atoms with Crippen LogP contribution in [0.3, 0.4) is 0 Å². The topological polar surface area (TPSA) is 9.23 Å². The van der Waals surface area contributed by atoms with Crippen molar-refractivity contribution < 1.29 is 39.9 Å². The van der Waals surface area contributed by atoms with Crippen LogP contribution in [0.5, 0.6) is 5.75 Å². The van der Waals surface area contributed by atoms with Crippen LogP contribution in [0.25, 0.3) is 11.1 Å². The van der Waals surface area contributed by atoms with E-state index in [-0.39, 0.29) is 11.1 Å². The SMILES string of the molecule is CCCCC1CCC(C2CCC(C(F)(F)Oc3ccc(-c4cc(F)c(C#CC(F)(F)F)c(F)c4)c(F)c3)CC2)CC1. The molecule has 4 rings (SSSR count). The number of unbranched alkanes of at least 4 members (excludes halogenated alkanes) is 1. The van der Waals surface area contributed by atoms with E-state index in [0.29, 0.717) is 55.7 Å². The zero-order chi connectivity index (χ0) is 29.8. The molecule has 2 fully saturated rings. The Morgan fingerprint density at radius 1 is 0.780 bits per heavy atom. The molecule has 2 aromatic carbocycles. The summed E-state index contributed by atoms with van der Waals surface area (Å²) in [6, 6.07) is 4.07. The van der Waals surface area contributed by atoms with Crippen molar-refractivity contribution in [2.75, 3.05) is 0 Å². The molecule has 1 nitrogen and oxygen atoms in total. The van der Waals surface area contributed by atoms with Crippen molar-refractivity contribution >= 4 is 0 Å². The van der Waals surface area contributed by atoms with Crippen molar-refractivity contribution in [3.8, 4) is 28.7 Å². The van der Waals surface area contributed by atoms with Gasteiger partial charge in [0, 0.05) is 17.6 Å². The summed E-state index contributed by atoms with van der Waals surface area (Å²) in [5, 5.41) is 0. The molecule has 0 spiro atoms. The van der Waals surface area contributed by atoms with E-state index in [0.717, 1.165) is 24.0 Å². The van der Waals surface area contributed by atoms with Crippen LogP contribution in [0.2, 0.25) is 0 Å². The Bertz CT molecular complexity index is 1220. The number of hydrogen-bond acceptors (Lipinski definition) is 1. The summed E-state index contributed by atoms with van der Waals surface area (Å²) in [5.41, 5.74) is -1.77. The van der Waals surface area contributed by atoms with E-state index in [9.17, 15) is 26.3 Å². The smallest absolute Gasteiger partial charge is 0.432 e. The maximum Gasteiger partial charge on any atom is 0.458 e. The van der Waals surface area contributed by atoms with Crippen LogP contribution in [0, 0.1) is 53.0 Å². The highest BCUT2D eigenvalue weighted by Crippen LogP contribution is 2.46. The van der Waals surface area contributed by atoms with E-state index in [2.05, 4.69) is 6.92 Å². The lowest BCUT2D eigenvalue weighted by atomic mass is 9.68. The van der Waals surface area contributed by atoms with E-state index < -0.39 is 47.0 Å². The molecule has 0 radical (unpaired) electrons. The normalized spacial score (nSPS) is 23.5. The molecule has 0 aliphatic heterocycles. The summed E-state index contributed by atoms with van der Waals surface area (Å²) >= 11 is 0. The molecular formula is C32H34F8O. The summed E-state index contributed by atoms with van der Waals surface area (Å²) in [5.74, 6) is -1.35. The van der Waals surface area contributed by atoms with Crippen LogP contribution in [0.15, 0.2) is 30.3 Å². The first kappa shape index (κ1) is 31.2. The minimum Gasteiger partial charge on any atom is -0.432 e. The predicted octanol–water partition coefficient (Wildman–Crippen LogP) is 10.5. The van der Waals surface area contributed by atoms with Crippen molar-refractivity contribution in [1.82, 2.24) is 0 Å². The number of alkyl halides is 5. The Morgan fingerprint density at radius 2 is 1.37 bits per heavy atom. The van der Waals surface area contributed by atoms with E-state index in [1.807, 2.05) is 0 Å². The van der Waals surface area contributed by atoms with Crippen LogP contribution < -0.4 is 4.74 Å². The van der Waals surface area contributed by atoms with E-state index >= 15 is 8.78 Å². The van der Waals surface area contributed by atoms with Crippen molar-refractivity contribution in [2.45, 2.75) is 89.8 Å². The standard InChI is InChI=1S/C32H34F8O/c1-2-3-4-20-5-7-21(8-6-20)22-9-11-24(12-10-22)32(39,40)41-25-13-14-26(30(35)19-25)23-17-28(33)27(29(34)18-23)15-16-31(36,37)38/h13-14,17-22,24H,2-12H2,1H3. The van der Waals surface area contributed by atoms with Gasteiger partial charge in [0.1, 0.15) is 23.2 Å². The molecule has 2 aliphatic carbocycles. The number of benzene rings is 2. The van der Waals surface area contributed by atoms with Crippen molar-refractivity contribution in [1.29, 1.82) is 0 Å². The van der Waals surface area contributed by atoms with Crippen LogP contribution in [0.4, 0.5) is 35.1 Å². The Balaban J connectivity index is 1.36. The lowest BCUT2D eigenvalue weighted by molar-refractivity contribution is -0.224. The molecule has 0 bridgehead atoms. The molecule has 41 heavy (non-hydrogen) atoms. The average molecular weight is 587 g/mol. The molecule has 0 saturated heterocycles. The summed E-state index contributed by atoms with van der Waals surface area (Å²) in [4.78, 5) is 0. The maximum absolute atomic E-state index is 15.1. The molecule has 0 unspecified atom stereocenters. The minimum atomic E-state index is -4.95. The fraction of sp³-hybridized carbons (Fsp3) is 0.562. The molecule has 0 amide bonds. The maximum atomic E-state index is 15.1. The molecule has 2 aromatic rings. The molecule has 2 saturated carbocycles. The monoisotopic (exact) mass is 586 g/mol. The Kier molecular flexibility index (Phi) is 9.92. The highest BCUT2D eigenvalue weighted by molar-refractivity contribution is 5.66. The zero-order valence-corrected chi connectivity index (χ0v) is 22.9. The molecule has 9 heteroatoms. The fourth-order valence-corrected chi connectivity index (χ4v) is 6.38. The van der Waals surface area contributed by atoms with Gasteiger partial charge in [0.2, 0.25) is 0 Å². The van der Waals surface area contributed by atoms with Crippen LogP contribution >= 0.6 is 0 Å². The van der Waals surface area contributed by atoms with Gasteiger partial charge in [-0.3, -0.25) is 0 Å². The van der Waals surface area contributed by atoms with Gasteiger partial charge in [-0.05, 0) is 86.1 Å². The predicted molar refractivity (Wildman–Crippen MR) is 141 cm³/mol. The molecule has 0 atom stereocenters. The zero-order valence-electron chi connectivity index (χ0n) is 22.9. The minimum absolute atomic E-state index is 0.316. The van der Waals surface area contributed by atoms with E-state index in [1.54, 1.807) is 0 Å². The number of halogens is 8. The molecule has 0 aromatic heterocycles. The van der Waals surface area contributed by atoms with Gasteiger partial charge in [-0.25, -0.2) is 13.2 Å². The van der Waals surface area contributed by atoms with Gasteiger partial charge < -0.3 is 4.74 Å². The Hall–Kier alpha value is -2.76. The van der Waals surface area contributed by atoms with E-state index in [1.165, 1.54) is 50.9 Å². The van der Waals surface area contributed by atoms with Crippen molar-refractivity contribution in [3.05, 3.63) is 53.3 Å². The largest absolute Gasteiger partial charge is 0.458 e. The lowest BCUT2D eigenvalue weighted by Gasteiger charge is -2.39. The van der Waals surface area contributed by atoms with Gasteiger partial charge in [0.25, 0.3) is 0 Å². The van der Waals surface area contributed by atoms with Gasteiger partial charge in [0.15, 0.2) is 0 Å². The van der Waals surface area contributed by atoms with Gasteiger partial charge >= 0.3 is 12.3 Å². The first-order valence-electron chi connectivity index (χ1n) is 14.3. The molecule has 2 aliphatic rings. The first-order chi connectivity index (χ1) is 19.4. The second kappa shape index (κ2) is 13.0. The highest BCUT2D eigenvalue weighted by atomic mass is 19.4. The van der Waals surface area contributed by atoms with Gasteiger partial charge in [-0.1, -0.05) is 44.9 Å². The Labute approximate surface area is 235 Å². The quantitative estimate of drug-likeness (QED) is 0.221.